The van der Waals surface area contributed by atoms with Gasteiger partial charge in [-0.3, -0.25) is 0 Å². The van der Waals surface area contributed by atoms with Crippen LogP contribution in [0.4, 0.5) is 5.69 Å². The van der Waals surface area contributed by atoms with E-state index in [1.807, 2.05) is 31.3 Å². The average Bonchev–Trinajstić information content (AvgIpc) is 2.07. The summed E-state index contributed by atoms with van der Waals surface area (Å²) in [5, 5.41) is 2.10. The van der Waals surface area contributed by atoms with Crippen LogP contribution in [0.1, 0.15) is 5.56 Å². The fourth-order valence-electron chi connectivity index (χ4n) is 0.942. The maximum Gasteiger partial charge on any atom is 0.187 e. The van der Waals surface area contributed by atoms with Gasteiger partial charge in [-0.2, -0.15) is 0 Å². The average molecular weight is 147 g/mol. The zero-order valence-electron chi connectivity index (χ0n) is 6.54. The zero-order chi connectivity index (χ0) is 8.10. The van der Waals surface area contributed by atoms with Crippen LogP contribution in [0, 0.1) is 6.57 Å². The summed E-state index contributed by atoms with van der Waals surface area (Å²) in [6.07, 6.45) is 0. The molecule has 0 atom stereocenters. The zero-order valence-corrected chi connectivity index (χ0v) is 6.54. The predicted octanol–water partition coefficient (Wildman–Crippen LogP) is 0.931. The Morgan fingerprint density at radius 2 is 2.00 bits per heavy atom. The summed E-state index contributed by atoms with van der Waals surface area (Å²) in [6.45, 7) is 7.72. The van der Waals surface area contributed by atoms with Gasteiger partial charge in [0.15, 0.2) is 5.69 Å². The molecule has 0 radical (unpaired) electrons. The van der Waals surface area contributed by atoms with Gasteiger partial charge >= 0.3 is 0 Å². The second-order valence-corrected chi connectivity index (χ2v) is 2.39. The predicted molar refractivity (Wildman–Crippen MR) is 44.3 cm³/mol. The molecule has 1 rings (SSSR count). The molecule has 0 fully saturated rings. The van der Waals surface area contributed by atoms with Gasteiger partial charge in [-0.25, -0.2) is 4.85 Å². The smallest absolute Gasteiger partial charge is 0.187 e. The second-order valence-electron chi connectivity index (χ2n) is 2.39. The molecule has 2 nitrogen and oxygen atoms in total. The van der Waals surface area contributed by atoms with Crippen LogP contribution in [0.2, 0.25) is 0 Å². The van der Waals surface area contributed by atoms with Crippen molar-refractivity contribution in [2.75, 3.05) is 7.05 Å². The third kappa shape index (κ3) is 2.06. The topological polar surface area (TPSA) is 21.0 Å². The summed E-state index contributed by atoms with van der Waals surface area (Å²) in [5.41, 5.74) is 1.98. The molecule has 2 heteroatoms. The summed E-state index contributed by atoms with van der Waals surface area (Å²) >= 11 is 0. The third-order valence-corrected chi connectivity index (χ3v) is 1.51. The van der Waals surface area contributed by atoms with E-state index in [2.05, 4.69) is 10.2 Å². The molecule has 0 saturated heterocycles. The molecule has 0 heterocycles. The number of nitrogens with two attached hydrogens (primary N) is 1. The van der Waals surface area contributed by atoms with Crippen molar-refractivity contribution >= 4 is 5.69 Å². The van der Waals surface area contributed by atoms with E-state index in [9.17, 15) is 0 Å². The van der Waals surface area contributed by atoms with Gasteiger partial charge in [0.05, 0.1) is 13.6 Å². The number of benzene rings is 1. The largest absolute Gasteiger partial charge is 0.345 e. The van der Waals surface area contributed by atoms with Gasteiger partial charge in [-0.05, 0) is 0 Å². The molecular formula is C9H11N2+. The molecule has 0 aliphatic carbocycles. The molecular weight excluding hydrogens is 136 g/mol. The lowest BCUT2D eigenvalue weighted by Gasteiger charge is -1.95. The van der Waals surface area contributed by atoms with Crippen LogP contribution >= 0.6 is 0 Å². The maximum absolute atomic E-state index is 6.73. The van der Waals surface area contributed by atoms with Crippen LogP contribution in [0.25, 0.3) is 4.85 Å². The number of quaternary nitrogens is 1. The molecule has 0 aliphatic heterocycles. The molecule has 0 saturated carbocycles. The molecule has 56 valence electrons. The second kappa shape index (κ2) is 3.75. The number of hydrogen-bond donors (Lipinski definition) is 1. The van der Waals surface area contributed by atoms with Gasteiger partial charge in [0.1, 0.15) is 6.54 Å². The molecule has 0 spiro atoms. The van der Waals surface area contributed by atoms with Crippen LogP contribution < -0.4 is 5.32 Å². The fraction of sp³-hybridized carbons (Fsp3) is 0.222. The maximum atomic E-state index is 6.73. The Morgan fingerprint density at radius 3 is 2.45 bits per heavy atom. The minimum absolute atomic E-state index is 0.713. The van der Waals surface area contributed by atoms with E-state index in [0.717, 1.165) is 6.54 Å². The monoisotopic (exact) mass is 147 g/mol. The van der Waals surface area contributed by atoms with Crippen LogP contribution in [0.15, 0.2) is 24.3 Å². The van der Waals surface area contributed by atoms with Crippen molar-refractivity contribution in [1.82, 2.24) is 0 Å². The molecule has 0 aliphatic rings. The van der Waals surface area contributed by atoms with Crippen LogP contribution in [-0.2, 0) is 6.54 Å². The van der Waals surface area contributed by atoms with Crippen LogP contribution in [0.3, 0.4) is 0 Å². The molecule has 0 unspecified atom stereocenters. The highest BCUT2D eigenvalue weighted by atomic mass is 14.8. The van der Waals surface area contributed by atoms with Gasteiger partial charge in [-0.1, -0.05) is 24.3 Å². The molecule has 2 N–H and O–H groups in total. The lowest BCUT2D eigenvalue weighted by molar-refractivity contribution is -0.643. The van der Waals surface area contributed by atoms with Gasteiger partial charge in [0.25, 0.3) is 0 Å². The van der Waals surface area contributed by atoms with Crippen molar-refractivity contribution < 1.29 is 5.32 Å². The Kier molecular flexibility index (Phi) is 2.65. The van der Waals surface area contributed by atoms with E-state index < -0.39 is 0 Å². The minimum atomic E-state index is 0.713. The van der Waals surface area contributed by atoms with Crippen molar-refractivity contribution in [3.8, 4) is 0 Å². The first-order valence-corrected chi connectivity index (χ1v) is 3.61. The van der Waals surface area contributed by atoms with Gasteiger partial charge in [-0.15, -0.1) is 0 Å². The molecule has 0 bridgehead atoms. The van der Waals surface area contributed by atoms with Crippen molar-refractivity contribution in [1.29, 1.82) is 0 Å². The molecule has 0 amide bonds. The number of nitrogens with zero attached hydrogens (tertiary/aromatic N) is 1. The Balaban J connectivity index is 2.76. The quantitative estimate of drug-likeness (QED) is 0.601. The highest BCUT2D eigenvalue weighted by Gasteiger charge is 1.92. The molecule has 11 heavy (non-hydrogen) atoms. The summed E-state index contributed by atoms with van der Waals surface area (Å²) < 4.78 is 0. The molecule has 1 aromatic rings. The Labute approximate surface area is 66.7 Å². The summed E-state index contributed by atoms with van der Waals surface area (Å²) in [5.74, 6) is 0. The first-order chi connectivity index (χ1) is 5.36. The van der Waals surface area contributed by atoms with Crippen molar-refractivity contribution in [2.24, 2.45) is 0 Å². The highest BCUT2D eigenvalue weighted by Crippen LogP contribution is 2.11. The lowest BCUT2D eigenvalue weighted by atomic mass is 10.2. The summed E-state index contributed by atoms with van der Waals surface area (Å²) in [6, 6.07) is 7.69. The van der Waals surface area contributed by atoms with E-state index in [4.69, 9.17) is 6.57 Å². The van der Waals surface area contributed by atoms with Crippen LogP contribution in [-0.4, -0.2) is 7.05 Å². The van der Waals surface area contributed by atoms with Gasteiger partial charge in [0.2, 0.25) is 0 Å². The SMILES string of the molecule is [C-]#[N+]c1ccc(C[NH2+]C)cc1. The third-order valence-electron chi connectivity index (χ3n) is 1.51. The molecule has 0 aromatic heterocycles. The van der Waals surface area contributed by atoms with E-state index >= 15 is 0 Å². The standard InChI is InChI=1S/C9H10N2/c1-10-7-8-3-5-9(11-2)6-4-8/h3-6,10H,7H2,1H3/p+1. The molecule has 1 aromatic carbocycles. The lowest BCUT2D eigenvalue weighted by Crippen LogP contribution is -2.77. The Morgan fingerprint density at radius 1 is 1.36 bits per heavy atom. The number of hydrogen-bond acceptors (Lipinski definition) is 0. The fourth-order valence-corrected chi connectivity index (χ4v) is 0.942. The van der Waals surface area contributed by atoms with E-state index in [1.165, 1.54) is 5.56 Å². The van der Waals surface area contributed by atoms with E-state index in [0.29, 0.717) is 5.69 Å². The summed E-state index contributed by atoms with van der Waals surface area (Å²) in [4.78, 5) is 3.31. The van der Waals surface area contributed by atoms with Gasteiger partial charge < -0.3 is 5.32 Å². The first-order valence-electron chi connectivity index (χ1n) is 3.61. The highest BCUT2D eigenvalue weighted by molar-refractivity contribution is 5.45. The first kappa shape index (κ1) is 7.77. The van der Waals surface area contributed by atoms with Crippen molar-refractivity contribution in [2.45, 2.75) is 6.54 Å². The number of rotatable bonds is 2. The Bertz CT molecular complexity index is 256. The Hall–Kier alpha value is -1.33. The van der Waals surface area contributed by atoms with Crippen molar-refractivity contribution in [3.63, 3.8) is 0 Å². The van der Waals surface area contributed by atoms with E-state index in [-0.39, 0.29) is 0 Å². The van der Waals surface area contributed by atoms with Gasteiger partial charge in [0, 0.05) is 5.56 Å². The van der Waals surface area contributed by atoms with Crippen molar-refractivity contribution in [3.05, 3.63) is 41.2 Å². The normalized spacial score (nSPS) is 9.09. The van der Waals surface area contributed by atoms with Crippen LogP contribution in [0.5, 0.6) is 0 Å². The summed E-state index contributed by atoms with van der Waals surface area (Å²) in [7, 11) is 2.03. The minimum Gasteiger partial charge on any atom is -0.345 e. The van der Waals surface area contributed by atoms with E-state index in [1.54, 1.807) is 0 Å².